The van der Waals surface area contributed by atoms with Crippen molar-refractivity contribution < 1.29 is 13.9 Å². The van der Waals surface area contributed by atoms with Crippen LogP contribution in [0.4, 0.5) is 4.39 Å². The molecule has 0 aliphatic rings. The Morgan fingerprint density at radius 1 is 1.00 bits per heavy atom. The minimum atomic E-state index is -0.215. The molecule has 0 saturated heterocycles. The van der Waals surface area contributed by atoms with Crippen molar-refractivity contribution in [1.29, 1.82) is 0 Å². The normalized spacial score (nSPS) is 10.5. The van der Waals surface area contributed by atoms with Crippen molar-refractivity contribution in [1.82, 2.24) is 5.32 Å². The molecule has 1 N–H and O–H groups in total. The van der Waals surface area contributed by atoms with Gasteiger partial charge in [0.2, 0.25) is 0 Å². The molecule has 19 heavy (non-hydrogen) atoms. The van der Waals surface area contributed by atoms with Crippen molar-refractivity contribution in [2.75, 3.05) is 27.8 Å². The van der Waals surface area contributed by atoms with Gasteiger partial charge < -0.3 is 14.8 Å². The largest absolute Gasteiger partial charge is 0.493 e. The highest BCUT2D eigenvalue weighted by Crippen LogP contribution is 2.30. The molecule has 0 aromatic heterocycles. The molecule has 0 radical (unpaired) electrons. The maximum Gasteiger partial charge on any atom is 0.163 e. The van der Waals surface area contributed by atoms with E-state index < -0.39 is 0 Å². The Morgan fingerprint density at radius 3 is 2.26 bits per heavy atom. The molecule has 1 aromatic carbocycles. The maximum atomic E-state index is 13.8. The lowest BCUT2D eigenvalue weighted by molar-refractivity contribution is 0.351. The van der Waals surface area contributed by atoms with Gasteiger partial charge >= 0.3 is 0 Å². The first-order valence-corrected chi connectivity index (χ1v) is 6.78. The second kappa shape index (κ2) is 8.75. The highest BCUT2D eigenvalue weighted by Gasteiger charge is 2.10. The van der Waals surface area contributed by atoms with Crippen LogP contribution in [0.5, 0.6) is 11.5 Å². The summed E-state index contributed by atoms with van der Waals surface area (Å²) in [6, 6.07) is 3.14. The average molecular weight is 269 g/mol. The summed E-state index contributed by atoms with van der Waals surface area (Å²) in [5, 5.41) is 3.12. The van der Waals surface area contributed by atoms with E-state index in [1.807, 2.05) is 7.05 Å². The molecule has 0 saturated carbocycles. The molecule has 0 amide bonds. The van der Waals surface area contributed by atoms with Crippen LogP contribution in [0, 0.1) is 5.82 Å². The van der Waals surface area contributed by atoms with Crippen LogP contribution in [0.3, 0.4) is 0 Å². The summed E-state index contributed by atoms with van der Waals surface area (Å²) in [6.45, 7) is 1.05. The Morgan fingerprint density at radius 2 is 1.63 bits per heavy atom. The molecule has 0 bridgehead atoms. The number of hydrogen-bond donors (Lipinski definition) is 1. The summed E-state index contributed by atoms with van der Waals surface area (Å²) in [5.74, 6) is 0.819. The van der Waals surface area contributed by atoms with Crippen LogP contribution in [0.15, 0.2) is 12.1 Å². The van der Waals surface area contributed by atoms with Gasteiger partial charge in [0.05, 0.1) is 14.2 Å². The SMILES string of the molecule is CNCCCCCCc1cc(OC)c(OC)cc1F. The molecule has 0 aliphatic heterocycles. The van der Waals surface area contributed by atoms with Crippen LogP contribution in [-0.4, -0.2) is 27.8 Å². The monoisotopic (exact) mass is 269 g/mol. The zero-order valence-electron chi connectivity index (χ0n) is 12.1. The predicted molar refractivity (Wildman–Crippen MR) is 75.6 cm³/mol. The van der Waals surface area contributed by atoms with Gasteiger partial charge in [-0.3, -0.25) is 0 Å². The number of unbranched alkanes of at least 4 members (excludes halogenated alkanes) is 3. The predicted octanol–water partition coefficient (Wildman–Crippen LogP) is 3.17. The molecule has 4 heteroatoms. The molecule has 0 unspecified atom stereocenters. The summed E-state index contributed by atoms with van der Waals surface area (Å²) in [4.78, 5) is 0. The second-order valence-corrected chi connectivity index (χ2v) is 4.57. The third-order valence-electron chi connectivity index (χ3n) is 3.18. The van der Waals surface area contributed by atoms with Gasteiger partial charge in [-0.2, -0.15) is 0 Å². The summed E-state index contributed by atoms with van der Waals surface area (Å²) in [6.07, 6.45) is 5.21. The lowest BCUT2D eigenvalue weighted by Crippen LogP contribution is -2.07. The van der Waals surface area contributed by atoms with Gasteiger partial charge in [-0.1, -0.05) is 12.8 Å². The van der Waals surface area contributed by atoms with E-state index >= 15 is 0 Å². The summed E-state index contributed by atoms with van der Waals surface area (Å²) < 4.78 is 24.1. The highest BCUT2D eigenvalue weighted by atomic mass is 19.1. The first-order chi connectivity index (χ1) is 9.22. The third kappa shape index (κ3) is 5.07. The van der Waals surface area contributed by atoms with Crippen molar-refractivity contribution in [3.8, 4) is 11.5 Å². The molecule has 0 spiro atoms. The lowest BCUT2D eigenvalue weighted by atomic mass is 10.0. The van der Waals surface area contributed by atoms with E-state index in [9.17, 15) is 4.39 Å². The fourth-order valence-corrected chi connectivity index (χ4v) is 2.06. The summed E-state index contributed by atoms with van der Waals surface area (Å²) in [7, 11) is 5.04. The minimum Gasteiger partial charge on any atom is -0.493 e. The molecule has 0 heterocycles. The lowest BCUT2D eigenvalue weighted by Gasteiger charge is -2.11. The Labute approximate surface area is 115 Å². The number of nitrogens with one attached hydrogen (secondary N) is 1. The van der Waals surface area contributed by atoms with Crippen LogP contribution in [0.25, 0.3) is 0 Å². The molecule has 1 aromatic rings. The van der Waals surface area contributed by atoms with Gasteiger partial charge in [0.25, 0.3) is 0 Å². The minimum absolute atomic E-state index is 0.215. The van der Waals surface area contributed by atoms with E-state index in [1.54, 1.807) is 13.2 Å². The molecule has 108 valence electrons. The Kier molecular flexibility index (Phi) is 7.26. The number of halogens is 1. The van der Waals surface area contributed by atoms with Crippen molar-refractivity contribution in [2.45, 2.75) is 32.1 Å². The third-order valence-corrected chi connectivity index (χ3v) is 3.18. The quantitative estimate of drug-likeness (QED) is 0.698. The standard InChI is InChI=1S/C15H24FNO2/c1-17-9-7-5-4-6-8-12-10-14(18-2)15(19-3)11-13(12)16/h10-11,17H,4-9H2,1-3H3. The van der Waals surface area contributed by atoms with Crippen LogP contribution >= 0.6 is 0 Å². The summed E-state index contributed by atoms with van der Waals surface area (Å²) in [5.41, 5.74) is 0.700. The highest BCUT2D eigenvalue weighted by molar-refractivity contribution is 5.43. The van der Waals surface area contributed by atoms with Crippen molar-refractivity contribution in [3.05, 3.63) is 23.5 Å². The molecular formula is C15H24FNO2. The van der Waals surface area contributed by atoms with E-state index in [2.05, 4.69) is 5.32 Å². The fourth-order valence-electron chi connectivity index (χ4n) is 2.06. The van der Waals surface area contributed by atoms with Gasteiger partial charge in [-0.05, 0) is 44.5 Å². The zero-order chi connectivity index (χ0) is 14.1. The second-order valence-electron chi connectivity index (χ2n) is 4.57. The van der Waals surface area contributed by atoms with Gasteiger partial charge in [0.1, 0.15) is 5.82 Å². The average Bonchev–Trinajstić information content (AvgIpc) is 2.43. The first kappa shape index (κ1) is 15.8. The van der Waals surface area contributed by atoms with Crippen LogP contribution < -0.4 is 14.8 Å². The number of hydrogen-bond acceptors (Lipinski definition) is 3. The number of aryl methyl sites for hydroxylation is 1. The number of methoxy groups -OCH3 is 2. The molecular weight excluding hydrogens is 245 g/mol. The van der Waals surface area contributed by atoms with E-state index in [0.29, 0.717) is 17.1 Å². The number of ether oxygens (including phenoxy) is 2. The van der Waals surface area contributed by atoms with Crippen molar-refractivity contribution >= 4 is 0 Å². The van der Waals surface area contributed by atoms with Crippen molar-refractivity contribution in [3.63, 3.8) is 0 Å². The van der Waals surface area contributed by atoms with Crippen LogP contribution in [-0.2, 0) is 6.42 Å². The smallest absolute Gasteiger partial charge is 0.163 e. The van der Waals surface area contributed by atoms with Crippen LogP contribution in [0.1, 0.15) is 31.2 Å². The van der Waals surface area contributed by atoms with Gasteiger partial charge in [0, 0.05) is 6.07 Å². The number of rotatable bonds is 9. The van der Waals surface area contributed by atoms with E-state index in [4.69, 9.17) is 9.47 Å². The van der Waals surface area contributed by atoms with Crippen LogP contribution in [0.2, 0.25) is 0 Å². The van der Waals surface area contributed by atoms with Gasteiger partial charge in [-0.15, -0.1) is 0 Å². The molecule has 1 rings (SSSR count). The summed E-state index contributed by atoms with van der Waals surface area (Å²) >= 11 is 0. The van der Waals surface area contributed by atoms with E-state index in [0.717, 1.165) is 25.8 Å². The first-order valence-electron chi connectivity index (χ1n) is 6.78. The maximum absolute atomic E-state index is 13.8. The van der Waals surface area contributed by atoms with Gasteiger partial charge in [-0.25, -0.2) is 4.39 Å². The van der Waals surface area contributed by atoms with Gasteiger partial charge in [0.15, 0.2) is 11.5 Å². The Balaban J connectivity index is 2.49. The molecule has 0 fully saturated rings. The Hall–Kier alpha value is -1.29. The Bertz CT molecular complexity index is 383. The van der Waals surface area contributed by atoms with Crippen molar-refractivity contribution in [2.24, 2.45) is 0 Å². The van der Waals surface area contributed by atoms with E-state index in [-0.39, 0.29) is 5.82 Å². The number of benzene rings is 1. The zero-order valence-corrected chi connectivity index (χ0v) is 12.1. The topological polar surface area (TPSA) is 30.5 Å². The molecule has 3 nitrogen and oxygen atoms in total. The van der Waals surface area contributed by atoms with E-state index in [1.165, 1.54) is 26.0 Å². The fraction of sp³-hybridized carbons (Fsp3) is 0.600. The molecule has 0 atom stereocenters. The molecule has 0 aliphatic carbocycles.